The van der Waals surface area contributed by atoms with Crippen molar-refractivity contribution in [3.8, 4) is 5.88 Å². The molecule has 0 aromatic carbocycles. The number of nitrogen functional groups attached to an aromatic ring is 1. The summed E-state index contributed by atoms with van der Waals surface area (Å²) in [5.41, 5.74) is 6.13. The maximum atomic E-state index is 5.88. The second-order valence-corrected chi connectivity index (χ2v) is 6.05. The van der Waals surface area contributed by atoms with Crippen LogP contribution in [0.25, 0.3) is 0 Å². The van der Waals surface area contributed by atoms with E-state index in [1.165, 1.54) is 6.42 Å². The first-order valence-corrected chi connectivity index (χ1v) is 7.69. The fourth-order valence-corrected chi connectivity index (χ4v) is 1.66. The zero-order valence-corrected chi connectivity index (χ0v) is 13.7. The molecule has 0 unspecified atom stereocenters. The summed E-state index contributed by atoms with van der Waals surface area (Å²) in [4.78, 5) is 4.41. The third-order valence-electron chi connectivity index (χ3n) is 2.71. The van der Waals surface area contributed by atoms with Crippen molar-refractivity contribution < 1.29 is 9.47 Å². The van der Waals surface area contributed by atoms with Gasteiger partial charge in [0, 0.05) is 19.8 Å². The van der Waals surface area contributed by atoms with Crippen molar-refractivity contribution in [1.82, 2.24) is 4.98 Å². The van der Waals surface area contributed by atoms with Gasteiger partial charge in [0.05, 0.1) is 5.69 Å². The number of hydrogen-bond acceptors (Lipinski definition) is 5. The van der Waals surface area contributed by atoms with Crippen LogP contribution in [0.3, 0.4) is 0 Å². The smallest absolute Gasteiger partial charge is 0.239 e. The summed E-state index contributed by atoms with van der Waals surface area (Å²) in [5.74, 6) is 1.25. The van der Waals surface area contributed by atoms with E-state index in [0.717, 1.165) is 38.4 Å². The summed E-state index contributed by atoms with van der Waals surface area (Å²) >= 11 is 0. The Morgan fingerprint density at radius 3 is 2.57 bits per heavy atom. The van der Waals surface area contributed by atoms with Gasteiger partial charge in [0.15, 0.2) is 0 Å². The highest BCUT2D eigenvalue weighted by molar-refractivity contribution is 5.53. The second-order valence-electron chi connectivity index (χ2n) is 6.05. The molecule has 1 aromatic heterocycles. The monoisotopic (exact) mass is 295 g/mol. The van der Waals surface area contributed by atoms with Crippen molar-refractivity contribution in [3.05, 3.63) is 12.1 Å². The molecule has 1 rings (SSSR count). The quantitative estimate of drug-likeness (QED) is 0.683. The molecule has 1 aromatic rings. The van der Waals surface area contributed by atoms with Crippen molar-refractivity contribution in [1.29, 1.82) is 0 Å². The first kappa shape index (κ1) is 17.6. The Morgan fingerprint density at radius 2 is 1.90 bits per heavy atom. The van der Waals surface area contributed by atoms with Gasteiger partial charge in [0.2, 0.25) is 5.88 Å². The lowest BCUT2D eigenvalue weighted by atomic mass is 10.2. The maximum Gasteiger partial charge on any atom is 0.239 e. The zero-order chi connectivity index (χ0) is 15.7. The highest BCUT2D eigenvalue weighted by atomic mass is 16.5. The number of nitrogens with one attached hydrogen (secondary N) is 1. The van der Waals surface area contributed by atoms with E-state index in [0.29, 0.717) is 11.6 Å². The van der Waals surface area contributed by atoms with Gasteiger partial charge in [-0.1, -0.05) is 13.3 Å². The van der Waals surface area contributed by atoms with Crippen LogP contribution in [-0.4, -0.2) is 30.3 Å². The summed E-state index contributed by atoms with van der Waals surface area (Å²) in [6.45, 7) is 10.5. The molecule has 0 aliphatic carbocycles. The molecule has 0 fully saturated rings. The van der Waals surface area contributed by atoms with Crippen LogP contribution in [0.1, 0.15) is 47.0 Å². The highest BCUT2D eigenvalue weighted by Crippen LogP contribution is 2.24. The van der Waals surface area contributed by atoms with Gasteiger partial charge < -0.3 is 20.5 Å². The van der Waals surface area contributed by atoms with Crippen LogP contribution in [-0.2, 0) is 4.74 Å². The normalized spacial score (nSPS) is 11.4. The molecule has 120 valence electrons. The number of hydrogen-bond donors (Lipinski definition) is 2. The third-order valence-corrected chi connectivity index (χ3v) is 2.71. The number of nitrogens with zero attached hydrogens (tertiary/aromatic N) is 1. The van der Waals surface area contributed by atoms with Crippen molar-refractivity contribution in [2.24, 2.45) is 0 Å². The number of aromatic nitrogens is 1. The van der Waals surface area contributed by atoms with E-state index in [1.807, 2.05) is 32.9 Å². The van der Waals surface area contributed by atoms with Crippen LogP contribution in [0.15, 0.2) is 12.1 Å². The average molecular weight is 295 g/mol. The number of unbranched alkanes of at least 4 members (excludes halogenated alkanes) is 1. The number of rotatable bonds is 9. The molecule has 0 amide bonds. The van der Waals surface area contributed by atoms with Gasteiger partial charge >= 0.3 is 0 Å². The molecule has 3 N–H and O–H groups in total. The van der Waals surface area contributed by atoms with E-state index in [4.69, 9.17) is 15.2 Å². The minimum Gasteiger partial charge on any atom is -0.470 e. The van der Waals surface area contributed by atoms with Gasteiger partial charge in [-0.2, -0.15) is 4.98 Å². The van der Waals surface area contributed by atoms with E-state index in [-0.39, 0.29) is 5.60 Å². The number of anilines is 2. The molecular formula is C16H29N3O2. The molecular weight excluding hydrogens is 266 g/mol. The van der Waals surface area contributed by atoms with E-state index >= 15 is 0 Å². The van der Waals surface area contributed by atoms with Crippen molar-refractivity contribution in [3.63, 3.8) is 0 Å². The van der Waals surface area contributed by atoms with E-state index in [1.54, 1.807) is 0 Å². The molecule has 0 aliphatic heterocycles. The molecule has 0 bridgehead atoms. The number of ether oxygens (including phenoxy) is 2. The first-order chi connectivity index (χ1) is 9.92. The molecule has 0 atom stereocenters. The largest absolute Gasteiger partial charge is 0.470 e. The van der Waals surface area contributed by atoms with Crippen LogP contribution in [0.2, 0.25) is 0 Å². The van der Waals surface area contributed by atoms with E-state index < -0.39 is 0 Å². The standard InChI is InChI=1S/C16H29N3O2/c1-5-6-11-20-12-7-10-18-14-9-8-13(17)15(19-14)21-16(2,3)4/h8-9H,5-7,10-12,17H2,1-4H3,(H,18,19). The fraction of sp³-hybridized carbons (Fsp3) is 0.688. The maximum absolute atomic E-state index is 5.88. The van der Waals surface area contributed by atoms with Crippen LogP contribution in [0.5, 0.6) is 5.88 Å². The molecule has 0 spiro atoms. The van der Waals surface area contributed by atoms with Crippen LogP contribution in [0.4, 0.5) is 11.5 Å². The summed E-state index contributed by atoms with van der Waals surface area (Å²) in [6.07, 6.45) is 3.25. The lowest BCUT2D eigenvalue weighted by molar-refractivity contribution is 0.125. The Hall–Kier alpha value is -1.49. The lowest BCUT2D eigenvalue weighted by Crippen LogP contribution is -2.24. The second kappa shape index (κ2) is 8.72. The Kier molecular flexibility index (Phi) is 7.29. The molecule has 5 nitrogen and oxygen atoms in total. The Bertz CT molecular complexity index is 416. The fourth-order valence-electron chi connectivity index (χ4n) is 1.66. The Balaban J connectivity index is 2.37. The predicted molar refractivity (Wildman–Crippen MR) is 87.9 cm³/mol. The van der Waals surface area contributed by atoms with Crippen molar-refractivity contribution in [2.45, 2.75) is 52.6 Å². The Morgan fingerprint density at radius 1 is 1.19 bits per heavy atom. The highest BCUT2D eigenvalue weighted by Gasteiger charge is 2.15. The predicted octanol–water partition coefficient (Wildman–Crippen LogP) is 3.46. The van der Waals surface area contributed by atoms with E-state index in [2.05, 4.69) is 17.2 Å². The van der Waals surface area contributed by atoms with Crippen LogP contribution in [0, 0.1) is 0 Å². The number of pyridine rings is 1. The molecule has 0 radical (unpaired) electrons. The molecule has 0 aliphatic rings. The summed E-state index contributed by atoms with van der Waals surface area (Å²) in [7, 11) is 0. The summed E-state index contributed by atoms with van der Waals surface area (Å²) < 4.78 is 11.3. The summed E-state index contributed by atoms with van der Waals surface area (Å²) in [6, 6.07) is 3.68. The summed E-state index contributed by atoms with van der Waals surface area (Å²) in [5, 5.41) is 3.26. The first-order valence-electron chi connectivity index (χ1n) is 7.69. The van der Waals surface area contributed by atoms with Gasteiger partial charge in [-0.15, -0.1) is 0 Å². The third kappa shape index (κ3) is 7.75. The minimum atomic E-state index is -0.313. The van der Waals surface area contributed by atoms with Gasteiger partial charge in [0.1, 0.15) is 11.4 Å². The van der Waals surface area contributed by atoms with E-state index in [9.17, 15) is 0 Å². The van der Waals surface area contributed by atoms with Crippen LogP contribution >= 0.6 is 0 Å². The molecule has 21 heavy (non-hydrogen) atoms. The van der Waals surface area contributed by atoms with Crippen LogP contribution < -0.4 is 15.8 Å². The van der Waals surface area contributed by atoms with Crippen molar-refractivity contribution in [2.75, 3.05) is 30.8 Å². The molecule has 0 saturated carbocycles. The van der Waals surface area contributed by atoms with Gasteiger partial charge in [-0.3, -0.25) is 0 Å². The Labute approximate surface area is 128 Å². The van der Waals surface area contributed by atoms with Gasteiger partial charge in [0.25, 0.3) is 0 Å². The lowest BCUT2D eigenvalue weighted by Gasteiger charge is -2.21. The molecule has 1 heterocycles. The zero-order valence-electron chi connectivity index (χ0n) is 13.7. The number of nitrogens with two attached hydrogens (primary N) is 1. The SMILES string of the molecule is CCCCOCCCNc1ccc(N)c(OC(C)(C)C)n1. The van der Waals surface area contributed by atoms with Gasteiger partial charge in [-0.05, 0) is 45.7 Å². The molecule has 5 heteroatoms. The van der Waals surface area contributed by atoms with Crippen molar-refractivity contribution >= 4 is 11.5 Å². The minimum absolute atomic E-state index is 0.313. The average Bonchev–Trinajstić information content (AvgIpc) is 2.39. The van der Waals surface area contributed by atoms with Gasteiger partial charge in [-0.25, -0.2) is 0 Å². The molecule has 0 saturated heterocycles. The topological polar surface area (TPSA) is 69.4 Å².